The fraction of sp³-hybridized carbons (Fsp3) is 0.958. The molecule has 0 aliphatic rings. The monoisotopic (exact) mass is 448 g/mol. The van der Waals surface area contributed by atoms with E-state index in [1.165, 1.54) is 57.8 Å². The Morgan fingerprint density at radius 2 is 1.19 bits per heavy atom. The lowest BCUT2D eigenvalue weighted by Crippen LogP contribution is -2.51. The SMILES string of the molecule is CCCCCCCCCCCCCCCC(O)C(O)(O)C(=O)OCC(CC)(CO)CO. The molecule has 0 rings (SSSR count). The molecule has 0 aliphatic carbocycles. The summed E-state index contributed by atoms with van der Waals surface area (Å²) in [7, 11) is 0. The highest BCUT2D eigenvalue weighted by molar-refractivity contribution is 5.78. The summed E-state index contributed by atoms with van der Waals surface area (Å²) >= 11 is 0. The molecule has 0 aliphatic heterocycles. The van der Waals surface area contributed by atoms with E-state index in [0.29, 0.717) is 12.8 Å². The number of rotatable bonds is 21. The number of unbranched alkanes of at least 4 members (excludes halogenated alkanes) is 12. The first kappa shape index (κ1) is 30.3. The minimum Gasteiger partial charge on any atom is -0.461 e. The van der Waals surface area contributed by atoms with E-state index in [2.05, 4.69) is 6.92 Å². The fourth-order valence-corrected chi connectivity index (χ4v) is 3.48. The predicted molar refractivity (Wildman–Crippen MR) is 121 cm³/mol. The minimum atomic E-state index is -3.00. The summed E-state index contributed by atoms with van der Waals surface area (Å²) in [6.07, 6.45) is 14.1. The summed E-state index contributed by atoms with van der Waals surface area (Å²) in [6.45, 7) is 2.78. The van der Waals surface area contributed by atoms with Gasteiger partial charge in [0, 0.05) is 0 Å². The van der Waals surface area contributed by atoms with Gasteiger partial charge in [0.25, 0.3) is 5.79 Å². The van der Waals surface area contributed by atoms with Crippen LogP contribution in [-0.4, -0.2) is 63.2 Å². The molecule has 0 heterocycles. The first-order valence-corrected chi connectivity index (χ1v) is 12.3. The molecule has 0 saturated heterocycles. The van der Waals surface area contributed by atoms with Crippen molar-refractivity contribution < 1.29 is 35.1 Å². The van der Waals surface area contributed by atoms with Gasteiger partial charge in [-0.25, -0.2) is 4.79 Å². The second-order valence-corrected chi connectivity index (χ2v) is 9.02. The third-order valence-corrected chi connectivity index (χ3v) is 6.28. The third-order valence-electron chi connectivity index (χ3n) is 6.28. The quantitative estimate of drug-likeness (QED) is 0.103. The van der Waals surface area contributed by atoms with E-state index in [1.54, 1.807) is 6.92 Å². The highest BCUT2D eigenvalue weighted by Gasteiger charge is 2.44. The van der Waals surface area contributed by atoms with Crippen LogP contribution >= 0.6 is 0 Å². The first-order valence-electron chi connectivity index (χ1n) is 12.3. The van der Waals surface area contributed by atoms with Crippen molar-refractivity contribution in [1.29, 1.82) is 0 Å². The Labute approximate surface area is 188 Å². The summed E-state index contributed by atoms with van der Waals surface area (Å²) in [4.78, 5) is 12.0. The number of aliphatic hydroxyl groups is 5. The van der Waals surface area contributed by atoms with Crippen LogP contribution in [0.15, 0.2) is 0 Å². The molecule has 0 saturated carbocycles. The minimum absolute atomic E-state index is 0.0821. The molecule has 0 bridgehead atoms. The van der Waals surface area contributed by atoms with Crippen LogP contribution in [0.4, 0.5) is 0 Å². The second kappa shape index (κ2) is 17.8. The molecule has 1 unspecified atom stereocenters. The van der Waals surface area contributed by atoms with Crippen molar-refractivity contribution in [3.63, 3.8) is 0 Å². The Morgan fingerprint density at radius 3 is 1.58 bits per heavy atom. The van der Waals surface area contributed by atoms with Crippen LogP contribution in [0.2, 0.25) is 0 Å². The molecule has 5 N–H and O–H groups in total. The molecule has 31 heavy (non-hydrogen) atoms. The zero-order chi connectivity index (χ0) is 23.6. The van der Waals surface area contributed by atoms with E-state index in [9.17, 15) is 30.3 Å². The van der Waals surface area contributed by atoms with Gasteiger partial charge < -0.3 is 30.3 Å². The Balaban J connectivity index is 3.90. The predicted octanol–water partition coefficient (Wildman–Crippen LogP) is 3.43. The maximum atomic E-state index is 12.0. The number of carbonyl (C=O) groups is 1. The molecular weight excluding hydrogens is 400 g/mol. The number of ether oxygens (including phenoxy) is 1. The number of esters is 1. The second-order valence-electron chi connectivity index (χ2n) is 9.02. The fourth-order valence-electron chi connectivity index (χ4n) is 3.48. The molecule has 7 heteroatoms. The Morgan fingerprint density at radius 1 is 0.774 bits per heavy atom. The van der Waals surface area contributed by atoms with E-state index >= 15 is 0 Å². The topological polar surface area (TPSA) is 127 Å². The summed E-state index contributed by atoms with van der Waals surface area (Å²) in [5.41, 5.74) is -1.04. The van der Waals surface area contributed by atoms with Crippen LogP contribution < -0.4 is 0 Å². The van der Waals surface area contributed by atoms with Gasteiger partial charge in [-0.3, -0.25) is 0 Å². The largest absolute Gasteiger partial charge is 0.461 e. The van der Waals surface area contributed by atoms with Crippen molar-refractivity contribution in [3.8, 4) is 0 Å². The van der Waals surface area contributed by atoms with Crippen LogP contribution in [0.1, 0.15) is 110 Å². The molecule has 7 nitrogen and oxygen atoms in total. The van der Waals surface area contributed by atoms with Gasteiger partial charge in [0.15, 0.2) is 0 Å². The number of carbonyl (C=O) groups excluding carboxylic acids is 1. The molecule has 0 fully saturated rings. The zero-order valence-electron chi connectivity index (χ0n) is 19.9. The first-order chi connectivity index (χ1) is 14.8. The summed E-state index contributed by atoms with van der Waals surface area (Å²) in [6, 6.07) is 0. The van der Waals surface area contributed by atoms with E-state index in [4.69, 9.17) is 4.74 Å². The Bertz CT molecular complexity index is 427. The van der Waals surface area contributed by atoms with E-state index in [1.807, 2.05) is 0 Å². The zero-order valence-corrected chi connectivity index (χ0v) is 19.9. The molecule has 0 radical (unpaired) electrons. The summed E-state index contributed by atoms with van der Waals surface area (Å²) in [5, 5.41) is 48.7. The maximum absolute atomic E-state index is 12.0. The van der Waals surface area contributed by atoms with Gasteiger partial charge in [0.1, 0.15) is 12.7 Å². The van der Waals surface area contributed by atoms with Gasteiger partial charge in [-0.05, 0) is 12.8 Å². The van der Waals surface area contributed by atoms with Crippen LogP contribution in [-0.2, 0) is 9.53 Å². The van der Waals surface area contributed by atoms with Gasteiger partial charge in [0.05, 0.1) is 18.6 Å². The lowest BCUT2D eigenvalue weighted by molar-refractivity contribution is -0.244. The molecule has 0 aromatic heterocycles. The van der Waals surface area contributed by atoms with Gasteiger partial charge in [-0.2, -0.15) is 0 Å². The average molecular weight is 449 g/mol. The standard InChI is InChI=1S/C24H48O7/c1-3-5-6-7-8-9-10-11-12-13-14-15-16-17-21(27)24(29,30)22(28)31-20-23(4-2,18-25)19-26/h21,25-27,29-30H,3-20H2,1-2H3. The Kier molecular flexibility index (Phi) is 17.4. The lowest BCUT2D eigenvalue weighted by atomic mass is 9.88. The van der Waals surface area contributed by atoms with Crippen LogP contribution in [0.3, 0.4) is 0 Å². The number of hydrogen-bond donors (Lipinski definition) is 5. The number of aliphatic hydroxyl groups excluding tert-OH is 3. The average Bonchev–Trinajstić information content (AvgIpc) is 2.77. The van der Waals surface area contributed by atoms with Crippen molar-refractivity contribution >= 4 is 5.97 Å². The molecule has 0 amide bonds. The van der Waals surface area contributed by atoms with Crippen molar-refractivity contribution in [1.82, 2.24) is 0 Å². The summed E-state index contributed by atoms with van der Waals surface area (Å²) < 4.78 is 4.87. The van der Waals surface area contributed by atoms with Gasteiger partial charge >= 0.3 is 5.97 Å². The molecule has 1 atom stereocenters. The van der Waals surface area contributed by atoms with Crippen molar-refractivity contribution in [3.05, 3.63) is 0 Å². The van der Waals surface area contributed by atoms with Crippen LogP contribution in [0.25, 0.3) is 0 Å². The molecule has 0 aromatic rings. The van der Waals surface area contributed by atoms with Gasteiger partial charge in [-0.1, -0.05) is 97.3 Å². The lowest BCUT2D eigenvalue weighted by Gasteiger charge is -2.30. The van der Waals surface area contributed by atoms with E-state index in [-0.39, 0.29) is 13.0 Å². The molecule has 0 spiro atoms. The smallest absolute Gasteiger partial charge is 0.369 e. The highest BCUT2D eigenvalue weighted by atomic mass is 16.6. The highest BCUT2D eigenvalue weighted by Crippen LogP contribution is 2.23. The molecule has 0 aromatic carbocycles. The number of hydrogen-bond acceptors (Lipinski definition) is 7. The van der Waals surface area contributed by atoms with E-state index in [0.717, 1.165) is 19.3 Å². The van der Waals surface area contributed by atoms with Crippen LogP contribution in [0.5, 0.6) is 0 Å². The maximum Gasteiger partial charge on any atom is 0.369 e. The molecular formula is C24H48O7. The Hall–Kier alpha value is -0.730. The van der Waals surface area contributed by atoms with Gasteiger partial charge in [-0.15, -0.1) is 0 Å². The molecule has 186 valence electrons. The van der Waals surface area contributed by atoms with E-state index < -0.39 is 36.5 Å². The van der Waals surface area contributed by atoms with Crippen molar-refractivity contribution in [2.24, 2.45) is 5.41 Å². The third kappa shape index (κ3) is 12.8. The van der Waals surface area contributed by atoms with Crippen molar-refractivity contribution in [2.75, 3.05) is 19.8 Å². The normalized spacial score (nSPS) is 13.4. The van der Waals surface area contributed by atoms with Crippen molar-refractivity contribution in [2.45, 2.75) is 122 Å². The van der Waals surface area contributed by atoms with Crippen LogP contribution in [0, 0.1) is 5.41 Å². The summed E-state index contributed by atoms with van der Waals surface area (Å²) in [5.74, 6) is -4.36. The van der Waals surface area contributed by atoms with Gasteiger partial charge in [0.2, 0.25) is 0 Å².